The van der Waals surface area contributed by atoms with Crippen molar-refractivity contribution in [2.45, 2.75) is 39.0 Å². The third-order valence-corrected chi connectivity index (χ3v) is 7.05. The van der Waals surface area contributed by atoms with E-state index in [2.05, 4.69) is 13.8 Å². The maximum atomic E-state index is 12.5. The number of carbonyl (C=O) groups is 2. The molecule has 8 heteroatoms. The quantitative estimate of drug-likeness (QED) is 0.645. The van der Waals surface area contributed by atoms with Crippen LogP contribution in [0, 0.1) is 11.8 Å². The Kier molecular flexibility index (Phi) is 7.60. The fraction of sp³-hybridized carbons (Fsp3) is 0.600. The summed E-state index contributed by atoms with van der Waals surface area (Å²) in [5.74, 6) is 0.0260. The molecule has 0 aromatic heterocycles. The maximum absolute atomic E-state index is 12.5. The Balaban J connectivity index is 1.97. The third-order valence-electron chi connectivity index (χ3n) is 4.98. The lowest BCUT2D eigenvalue weighted by molar-refractivity contribution is -0.137. The molecule has 1 aliphatic heterocycles. The van der Waals surface area contributed by atoms with Crippen molar-refractivity contribution in [2.75, 3.05) is 32.8 Å². The van der Waals surface area contributed by atoms with Crippen LogP contribution in [-0.2, 0) is 19.6 Å². The van der Waals surface area contributed by atoms with Gasteiger partial charge in [-0.15, -0.1) is 0 Å². The molecule has 0 spiro atoms. The highest BCUT2D eigenvalue weighted by molar-refractivity contribution is 7.89. The third kappa shape index (κ3) is 5.32. The minimum atomic E-state index is -3.57. The molecule has 1 aliphatic rings. The predicted octanol–water partition coefficient (Wildman–Crippen LogP) is 2.38. The van der Waals surface area contributed by atoms with Crippen molar-refractivity contribution in [3.63, 3.8) is 0 Å². The molecule has 7 nitrogen and oxygen atoms in total. The van der Waals surface area contributed by atoms with Crippen LogP contribution in [0.1, 0.15) is 44.5 Å². The Morgan fingerprint density at radius 3 is 2.11 bits per heavy atom. The first kappa shape index (κ1) is 22.4. The molecule has 0 saturated carbocycles. The minimum Gasteiger partial charge on any atom is -0.452 e. The Morgan fingerprint density at radius 2 is 1.61 bits per heavy atom. The Bertz CT molecular complexity index is 777. The van der Waals surface area contributed by atoms with Crippen molar-refractivity contribution in [3.8, 4) is 0 Å². The van der Waals surface area contributed by atoms with Gasteiger partial charge in [0.2, 0.25) is 10.0 Å². The summed E-state index contributed by atoms with van der Waals surface area (Å²) in [4.78, 5) is 26.4. The molecular formula is C20H30N2O5S. The number of piperidine rings is 1. The first-order valence-electron chi connectivity index (χ1n) is 9.74. The lowest BCUT2D eigenvalue weighted by Gasteiger charge is -2.34. The Hall–Kier alpha value is -1.93. The Labute approximate surface area is 167 Å². The number of likely N-dealkylation sites (tertiary alicyclic amines) is 1. The van der Waals surface area contributed by atoms with Gasteiger partial charge in [0.15, 0.2) is 6.61 Å². The number of benzene rings is 1. The normalized spacial score (nSPS) is 20.2. The van der Waals surface area contributed by atoms with E-state index in [4.69, 9.17) is 4.74 Å². The second-order valence-electron chi connectivity index (χ2n) is 7.43. The first-order valence-corrected chi connectivity index (χ1v) is 11.2. The molecule has 0 bridgehead atoms. The predicted molar refractivity (Wildman–Crippen MR) is 106 cm³/mol. The van der Waals surface area contributed by atoms with E-state index in [0.29, 0.717) is 38.0 Å². The average molecular weight is 411 g/mol. The summed E-state index contributed by atoms with van der Waals surface area (Å²) in [6, 6.07) is 5.60. The van der Waals surface area contributed by atoms with Gasteiger partial charge in [-0.05, 0) is 42.5 Å². The minimum absolute atomic E-state index is 0.125. The summed E-state index contributed by atoms with van der Waals surface area (Å²) in [6.07, 6.45) is 1.09. The van der Waals surface area contributed by atoms with Crippen molar-refractivity contribution < 1.29 is 22.7 Å². The molecule has 0 aliphatic carbocycles. The molecule has 0 unspecified atom stereocenters. The van der Waals surface area contributed by atoms with Gasteiger partial charge in [0, 0.05) is 26.2 Å². The topological polar surface area (TPSA) is 84.0 Å². The molecule has 156 valence electrons. The van der Waals surface area contributed by atoms with E-state index in [0.717, 1.165) is 6.42 Å². The van der Waals surface area contributed by atoms with Crippen LogP contribution in [0.2, 0.25) is 0 Å². The molecule has 2 atom stereocenters. The van der Waals surface area contributed by atoms with Gasteiger partial charge in [0.25, 0.3) is 5.91 Å². The lowest BCUT2D eigenvalue weighted by Crippen LogP contribution is -2.44. The van der Waals surface area contributed by atoms with E-state index in [-0.39, 0.29) is 23.0 Å². The molecule has 1 amide bonds. The van der Waals surface area contributed by atoms with Crippen LogP contribution in [0.15, 0.2) is 29.2 Å². The van der Waals surface area contributed by atoms with Crippen LogP contribution in [0.4, 0.5) is 0 Å². The molecule has 1 saturated heterocycles. The summed E-state index contributed by atoms with van der Waals surface area (Å²) in [6.45, 7) is 9.55. The fourth-order valence-electron chi connectivity index (χ4n) is 3.64. The highest BCUT2D eigenvalue weighted by atomic mass is 32.2. The highest BCUT2D eigenvalue weighted by Crippen LogP contribution is 2.21. The largest absolute Gasteiger partial charge is 0.452 e. The number of sulfonamides is 1. The van der Waals surface area contributed by atoms with Crippen molar-refractivity contribution in [2.24, 2.45) is 11.8 Å². The number of esters is 1. The van der Waals surface area contributed by atoms with Crippen molar-refractivity contribution in [3.05, 3.63) is 29.8 Å². The molecule has 1 aromatic carbocycles. The van der Waals surface area contributed by atoms with Crippen LogP contribution < -0.4 is 0 Å². The monoisotopic (exact) mass is 410 g/mol. The van der Waals surface area contributed by atoms with Gasteiger partial charge in [-0.1, -0.05) is 27.7 Å². The summed E-state index contributed by atoms with van der Waals surface area (Å²) >= 11 is 0. The van der Waals surface area contributed by atoms with Gasteiger partial charge >= 0.3 is 5.97 Å². The van der Waals surface area contributed by atoms with E-state index >= 15 is 0 Å². The second-order valence-corrected chi connectivity index (χ2v) is 9.37. The molecule has 2 rings (SSSR count). The van der Waals surface area contributed by atoms with E-state index < -0.39 is 16.0 Å². The van der Waals surface area contributed by atoms with E-state index in [1.807, 2.05) is 0 Å². The number of rotatable bonds is 7. The summed E-state index contributed by atoms with van der Waals surface area (Å²) in [5.41, 5.74) is 0.215. The maximum Gasteiger partial charge on any atom is 0.338 e. The van der Waals surface area contributed by atoms with Gasteiger partial charge in [0.1, 0.15) is 0 Å². The van der Waals surface area contributed by atoms with Crippen molar-refractivity contribution >= 4 is 21.9 Å². The number of hydrogen-bond acceptors (Lipinski definition) is 5. The molecule has 0 radical (unpaired) electrons. The van der Waals surface area contributed by atoms with Gasteiger partial charge < -0.3 is 9.64 Å². The van der Waals surface area contributed by atoms with Gasteiger partial charge in [-0.25, -0.2) is 13.2 Å². The van der Waals surface area contributed by atoms with Crippen LogP contribution in [0.5, 0.6) is 0 Å². The smallest absolute Gasteiger partial charge is 0.338 e. The van der Waals surface area contributed by atoms with E-state index in [1.165, 1.54) is 28.6 Å². The van der Waals surface area contributed by atoms with Gasteiger partial charge in [-0.3, -0.25) is 4.79 Å². The zero-order chi connectivity index (χ0) is 20.9. The van der Waals surface area contributed by atoms with Crippen LogP contribution in [-0.4, -0.2) is 62.3 Å². The summed E-state index contributed by atoms with van der Waals surface area (Å²) in [5, 5.41) is 0. The molecule has 0 N–H and O–H groups in total. The fourth-order valence-corrected chi connectivity index (χ4v) is 5.10. The zero-order valence-corrected chi connectivity index (χ0v) is 17.9. The number of carbonyl (C=O) groups excluding carboxylic acids is 2. The highest BCUT2D eigenvalue weighted by Gasteiger charge is 2.26. The molecule has 28 heavy (non-hydrogen) atoms. The van der Waals surface area contributed by atoms with Crippen molar-refractivity contribution in [1.82, 2.24) is 9.21 Å². The summed E-state index contributed by atoms with van der Waals surface area (Å²) in [7, 11) is -3.57. The summed E-state index contributed by atoms with van der Waals surface area (Å²) < 4.78 is 31.4. The standard InChI is InChI=1S/C20H30N2O5S/c1-5-22(6-2)28(25,26)18-9-7-17(8-10-18)20(24)27-14-19(23)21-12-15(3)11-16(4)13-21/h7-10,15-16H,5-6,11-14H2,1-4H3/t15-,16-/m1/s1. The number of ether oxygens (including phenoxy) is 1. The van der Waals surface area contributed by atoms with Crippen LogP contribution in [0.25, 0.3) is 0 Å². The molecule has 1 heterocycles. The molecule has 1 fully saturated rings. The number of amides is 1. The van der Waals surface area contributed by atoms with E-state index in [1.54, 1.807) is 18.7 Å². The van der Waals surface area contributed by atoms with Gasteiger partial charge in [0.05, 0.1) is 10.5 Å². The SMILES string of the molecule is CCN(CC)S(=O)(=O)c1ccc(C(=O)OCC(=O)N2C[C@H](C)C[C@@H](C)C2)cc1. The molecular weight excluding hydrogens is 380 g/mol. The van der Waals surface area contributed by atoms with Gasteiger partial charge in [-0.2, -0.15) is 4.31 Å². The van der Waals surface area contributed by atoms with Crippen LogP contribution in [0.3, 0.4) is 0 Å². The molecule has 1 aromatic rings. The average Bonchev–Trinajstić information content (AvgIpc) is 2.66. The van der Waals surface area contributed by atoms with Crippen LogP contribution >= 0.6 is 0 Å². The number of nitrogens with zero attached hydrogens (tertiary/aromatic N) is 2. The van der Waals surface area contributed by atoms with Crippen molar-refractivity contribution in [1.29, 1.82) is 0 Å². The Morgan fingerprint density at radius 1 is 1.07 bits per heavy atom. The van der Waals surface area contributed by atoms with E-state index in [9.17, 15) is 18.0 Å². The number of hydrogen-bond donors (Lipinski definition) is 0. The second kappa shape index (κ2) is 9.52. The zero-order valence-electron chi connectivity index (χ0n) is 17.1. The first-order chi connectivity index (χ1) is 13.2. The lowest BCUT2D eigenvalue weighted by atomic mass is 9.92.